The van der Waals surface area contributed by atoms with E-state index in [0.717, 1.165) is 14.6 Å². The minimum Gasteiger partial charge on any atom is -0.274 e. The zero-order valence-electron chi connectivity index (χ0n) is 8.77. The lowest BCUT2D eigenvalue weighted by atomic mass is 10.3. The van der Waals surface area contributed by atoms with E-state index in [1.165, 1.54) is 0 Å². The molecule has 0 unspecified atom stereocenters. The second-order valence-corrected chi connectivity index (χ2v) is 4.91. The molecule has 5 heteroatoms. The minimum absolute atomic E-state index is 0.623. The topological polar surface area (TPSA) is 37.3 Å². The average Bonchev–Trinajstić information content (AvgIpc) is 2.57. The molecule has 0 aliphatic rings. The second kappa shape index (κ2) is 5.93. The van der Waals surface area contributed by atoms with E-state index in [9.17, 15) is 0 Å². The van der Waals surface area contributed by atoms with Crippen molar-refractivity contribution in [2.45, 2.75) is 0 Å². The monoisotopic (exact) mass is 353 g/mol. The maximum absolute atomic E-state index is 4.22. The van der Waals surface area contributed by atoms with E-state index in [2.05, 4.69) is 47.4 Å². The number of aromatic nitrogens is 1. The highest BCUT2D eigenvalue weighted by Gasteiger charge is 2.01. The van der Waals surface area contributed by atoms with Crippen LogP contribution in [0.5, 0.6) is 0 Å². The van der Waals surface area contributed by atoms with Crippen molar-refractivity contribution in [3.63, 3.8) is 0 Å². The van der Waals surface area contributed by atoms with Crippen molar-refractivity contribution in [1.82, 2.24) is 4.98 Å². The van der Waals surface area contributed by atoms with Crippen LogP contribution in [-0.4, -0.2) is 4.98 Å². The van der Waals surface area contributed by atoms with E-state index in [1.807, 2.05) is 42.5 Å². The highest BCUT2D eigenvalue weighted by Crippen LogP contribution is 2.30. The molecule has 17 heavy (non-hydrogen) atoms. The lowest BCUT2D eigenvalue weighted by molar-refractivity contribution is 1.11. The van der Waals surface area contributed by atoms with Gasteiger partial charge in [-0.2, -0.15) is 5.10 Å². The number of nitrogens with zero attached hydrogens (tertiary/aromatic N) is 2. The van der Waals surface area contributed by atoms with Crippen LogP contribution in [0.3, 0.4) is 0 Å². The van der Waals surface area contributed by atoms with Crippen LogP contribution in [0.2, 0.25) is 0 Å². The highest BCUT2D eigenvalue weighted by atomic mass is 79.9. The number of benzene rings is 1. The summed E-state index contributed by atoms with van der Waals surface area (Å²) in [6.07, 6.45) is 1.70. The first kappa shape index (κ1) is 12.3. The molecule has 0 aliphatic carbocycles. The van der Waals surface area contributed by atoms with Crippen LogP contribution in [0.4, 0.5) is 5.69 Å². The van der Waals surface area contributed by atoms with Crippen LogP contribution >= 0.6 is 31.9 Å². The average molecular weight is 355 g/mol. The maximum atomic E-state index is 4.22. The maximum Gasteiger partial charge on any atom is 0.171 e. The fraction of sp³-hybridized carbons (Fsp3) is 0. The summed E-state index contributed by atoms with van der Waals surface area (Å²) in [4.78, 5) is 4.16. The van der Waals surface area contributed by atoms with Gasteiger partial charge in [0, 0.05) is 15.1 Å². The zero-order chi connectivity index (χ0) is 12.1. The molecule has 1 aromatic carbocycles. The van der Waals surface area contributed by atoms with Crippen LogP contribution in [0, 0.1) is 0 Å². The van der Waals surface area contributed by atoms with Crippen molar-refractivity contribution in [3.05, 3.63) is 63.1 Å². The van der Waals surface area contributed by atoms with Gasteiger partial charge in [0.05, 0.1) is 5.69 Å². The predicted octanol–water partition coefficient (Wildman–Crippen LogP) is 3.53. The number of halogens is 2. The van der Waals surface area contributed by atoms with Crippen molar-refractivity contribution in [1.29, 1.82) is 0 Å². The van der Waals surface area contributed by atoms with Crippen molar-refractivity contribution in [3.8, 4) is 0 Å². The Labute approximate surface area is 116 Å². The largest absolute Gasteiger partial charge is 0.274 e. The molecule has 0 bridgehead atoms. The van der Waals surface area contributed by atoms with E-state index in [1.54, 1.807) is 6.20 Å². The number of anilines is 1. The Kier molecular flexibility index (Phi) is 4.28. The molecule has 0 spiro atoms. The minimum atomic E-state index is 0.623. The molecule has 0 aliphatic heterocycles. The SMILES string of the molecule is Brc1cccc(Br)c1N/N=c1/cccccn1. The van der Waals surface area contributed by atoms with Gasteiger partial charge in [0.1, 0.15) is 0 Å². The third kappa shape index (κ3) is 3.38. The van der Waals surface area contributed by atoms with E-state index < -0.39 is 0 Å². The summed E-state index contributed by atoms with van der Waals surface area (Å²) >= 11 is 6.91. The molecular weight excluding hydrogens is 346 g/mol. The third-order valence-corrected chi connectivity index (χ3v) is 3.33. The van der Waals surface area contributed by atoms with Crippen LogP contribution in [0.15, 0.2) is 62.7 Å². The standard InChI is InChI=1S/C12H9Br2N3/c13-9-5-4-6-10(14)12(9)17-16-11-7-2-1-3-8-15-11/h1-8,17H/b16-11-. The molecule has 86 valence electrons. The first-order valence-electron chi connectivity index (χ1n) is 4.92. The quantitative estimate of drug-likeness (QED) is 0.837. The Morgan fingerprint density at radius 2 is 1.71 bits per heavy atom. The summed E-state index contributed by atoms with van der Waals surface area (Å²) < 4.78 is 1.88. The second-order valence-electron chi connectivity index (χ2n) is 3.20. The number of nitrogens with one attached hydrogen (secondary N) is 1. The fourth-order valence-electron chi connectivity index (χ4n) is 1.20. The van der Waals surface area contributed by atoms with Gasteiger partial charge in [-0.3, -0.25) is 5.43 Å². The van der Waals surface area contributed by atoms with E-state index >= 15 is 0 Å². The molecule has 0 atom stereocenters. The van der Waals surface area contributed by atoms with Gasteiger partial charge in [-0.1, -0.05) is 18.2 Å². The number of para-hydroxylation sites is 1. The summed E-state index contributed by atoms with van der Waals surface area (Å²) in [5.74, 6) is 0. The lowest BCUT2D eigenvalue weighted by Gasteiger charge is -2.04. The molecule has 0 saturated heterocycles. The Bertz CT molecular complexity index is 543. The van der Waals surface area contributed by atoms with Crippen molar-refractivity contribution >= 4 is 37.5 Å². The molecule has 0 amide bonds. The molecule has 1 aromatic heterocycles. The summed E-state index contributed by atoms with van der Waals surface area (Å²) in [7, 11) is 0. The van der Waals surface area contributed by atoms with E-state index in [4.69, 9.17) is 0 Å². The van der Waals surface area contributed by atoms with E-state index in [0.29, 0.717) is 5.49 Å². The predicted molar refractivity (Wildman–Crippen MR) is 75.3 cm³/mol. The van der Waals surface area contributed by atoms with E-state index in [-0.39, 0.29) is 0 Å². The van der Waals surface area contributed by atoms with Crippen molar-refractivity contribution in [2.75, 3.05) is 5.43 Å². The fourth-order valence-corrected chi connectivity index (χ4v) is 2.38. The Balaban J connectivity index is 2.32. The Morgan fingerprint density at radius 3 is 2.47 bits per heavy atom. The molecule has 0 saturated carbocycles. The summed E-state index contributed by atoms with van der Waals surface area (Å²) in [5.41, 5.74) is 4.48. The molecule has 2 aromatic rings. The van der Waals surface area contributed by atoms with Gasteiger partial charge in [-0.05, 0) is 56.1 Å². The van der Waals surface area contributed by atoms with Gasteiger partial charge >= 0.3 is 0 Å². The molecule has 2 rings (SSSR count). The number of rotatable bonds is 2. The summed E-state index contributed by atoms with van der Waals surface area (Å²) in [6, 6.07) is 13.3. The molecule has 3 nitrogen and oxygen atoms in total. The first-order valence-corrected chi connectivity index (χ1v) is 6.51. The zero-order valence-corrected chi connectivity index (χ0v) is 11.9. The third-order valence-electron chi connectivity index (χ3n) is 2.01. The molecule has 1 N–H and O–H groups in total. The van der Waals surface area contributed by atoms with Crippen molar-refractivity contribution in [2.24, 2.45) is 5.10 Å². The van der Waals surface area contributed by atoms with Gasteiger partial charge in [-0.15, -0.1) is 0 Å². The Morgan fingerprint density at radius 1 is 0.941 bits per heavy atom. The normalized spacial score (nSPS) is 11.3. The van der Waals surface area contributed by atoms with Crippen LogP contribution in [-0.2, 0) is 0 Å². The van der Waals surface area contributed by atoms with Gasteiger partial charge in [-0.25, -0.2) is 4.98 Å². The van der Waals surface area contributed by atoms with Crippen LogP contribution in [0.1, 0.15) is 0 Å². The lowest BCUT2D eigenvalue weighted by Crippen LogP contribution is -2.07. The van der Waals surface area contributed by atoms with Gasteiger partial charge in [0.2, 0.25) is 0 Å². The van der Waals surface area contributed by atoms with Gasteiger partial charge in [0.25, 0.3) is 0 Å². The number of hydrogen-bond acceptors (Lipinski definition) is 3. The highest BCUT2D eigenvalue weighted by molar-refractivity contribution is 9.11. The molecular formula is C12H9Br2N3. The summed E-state index contributed by atoms with van der Waals surface area (Å²) in [6.45, 7) is 0. The first-order chi connectivity index (χ1) is 8.27. The van der Waals surface area contributed by atoms with Crippen LogP contribution < -0.4 is 10.9 Å². The Hall–Kier alpha value is -1.20. The molecule has 1 heterocycles. The van der Waals surface area contributed by atoms with Gasteiger partial charge < -0.3 is 0 Å². The van der Waals surface area contributed by atoms with Gasteiger partial charge in [0.15, 0.2) is 5.49 Å². The molecule has 0 fully saturated rings. The smallest absolute Gasteiger partial charge is 0.171 e. The summed E-state index contributed by atoms with van der Waals surface area (Å²) in [5, 5.41) is 4.22. The van der Waals surface area contributed by atoms with Crippen molar-refractivity contribution < 1.29 is 0 Å². The number of hydrogen-bond donors (Lipinski definition) is 1. The molecule has 0 radical (unpaired) electrons. The van der Waals surface area contributed by atoms with Crippen LogP contribution in [0.25, 0.3) is 0 Å².